The summed E-state index contributed by atoms with van der Waals surface area (Å²) in [5, 5.41) is 17.1. The first-order valence-electron chi connectivity index (χ1n) is 9.88. The number of amides is 2. The van der Waals surface area contributed by atoms with Gasteiger partial charge < -0.3 is 16.0 Å². The third kappa shape index (κ3) is 5.39. The van der Waals surface area contributed by atoms with Crippen molar-refractivity contribution in [3.63, 3.8) is 0 Å². The van der Waals surface area contributed by atoms with Crippen LogP contribution in [0.15, 0.2) is 48.5 Å². The molecule has 4 N–H and O–H groups in total. The smallest absolute Gasteiger partial charge is 0.317 e. The molecule has 0 saturated heterocycles. The normalized spacial score (nSPS) is 10.7. The van der Waals surface area contributed by atoms with Crippen molar-refractivity contribution in [3.05, 3.63) is 54.1 Å². The molecule has 8 nitrogen and oxygen atoms in total. The summed E-state index contributed by atoms with van der Waals surface area (Å²) in [5.74, 6) is 0.627. The molecular formula is C21H27N7O. The molecule has 0 aliphatic carbocycles. The van der Waals surface area contributed by atoms with Crippen LogP contribution < -0.4 is 11.1 Å². The van der Waals surface area contributed by atoms with Crippen LogP contribution in [0.1, 0.15) is 25.3 Å². The van der Waals surface area contributed by atoms with Crippen molar-refractivity contribution >= 4 is 6.03 Å². The number of carbonyl (C=O) groups is 1. The minimum Gasteiger partial charge on any atom is -0.338 e. The summed E-state index contributed by atoms with van der Waals surface area (Å²) in [5.41, 5.74) is 9.77. The van der Waals surface area contributed by atoms with Crippen LogP contribution in [0, 0.1) is 0 Å². The maximum Gasteiger partial charge on any atom is 0.317 e. The molecule has 3 rings (SSSR count). The van der Waals surface area contributed by atoms with Gasteiger partial charge in [-0.2, -0.15) is 0 Å². The molecule has 1 aromatic heterocycles. The molecule has 0 aliphatic rings. The summed E-state index contributed by atoms with van der Waals surface area (Å²) in [6.07, 6.45) is 2.02. The fourth-order valence-corrected chi connectivity index (χ4v) is 3.12. The first-order chi connectivity index (χ1) is 14.2. The van der Waals surface area contributed by atoms with Crippen LogP contribution in [0.5, 0.6) is 0 Å². The van der Waals surface area contributed by atoms with E-state index in [0.717, 1.165) is 35.1 Å². The summed E-state index contributed by atoms with van der Waals surface area (Å²) in [7, 11) is 0. The Labute approximate surface area is 170 Å². The first kappa shape index (κ1) is 20.5. The van der Waals surface area contributed by atoms with Crippen molar-refractivity contribution < 1.29 is 4.79 Å². The Bertz CT molecular complexity index is 894. The van der Waals surface area contributed by atoms with Gasteiger partial charge in [0, 0.05) is 31.7 Å². The highest BCUT2D eigenvalue weighted by Crippen LogP contribution is 2.29. The van der Waals surface area contributed by atoms with Gasteiger partial charge in [0.2, 0.25) is 0 Å². The second-order valence-corrected chi connectivity index (χ2v) is 6.79. The van der Waals surface area contributed by atoms with Crippen LogP contribution in [-0.4, -0.2) is 51.2 Å². The van der Waals surface area contributed by atoms with Crippen molar-refractivity contribution in [2.45, 2.75) is 26.3 Å². The van der Waals surface area contributed by atoms with E-state index in [-0.39, 0.29) is 6.03 Å². The average Bonchev–Trinajstić information content (AvgIpc) is 3.29. The average molecular weight is 393 g/mol. The fourth-order valence-electron chi connectivity index (χ4n) is 3.12. The quantitative estimate of drug-likeness (QED) is 0.484. The molecule has 1 heterocycles. The predicted octanol–water partition coefficient (Wildman–Crippen LogP) is 2.80. The Morgan fingerprint density at radius 2 is 1.90 bits per heavy atom. The summed E-state index contributed by atoms with van der Waals surface area (Å²) in [4.78, 5) is 14.2. The lowest BCUT2D eigenvalue weighted by Crippen LogP contribution is -2.42. The van der Waals surface area contributed by atoms with Crippen LogP contribution in [0.2, 0.25) is 0 Å². The monoisotopic (exact) mass is 393 g/mol. The molecule has 0 spiro atoms. The molecule has 0 aliphatic heterocycles. The minimum absolute atomic E-state index is 0.0730. The molecular weight excluding hydrogens is 366 g/mol. The topological polar surface area (TPSA) is 113 Å². The molecule has 0 atom stereocenters. The lowest BCUT2D eigenvalue weighted by molar-refractivity contribution is 0.196. The number of carbonyl (C=O) groups excluding carboxylic acids is 1. The van der Waals surface area contributed by atoms with Crippen LogP contribution in [0.3, 0.4) is 0 Å². The van der Waals surface area contributed by atoms with E-state index in [4.69, 9.17) is 5.73 Å². The highest BCUT2D eigenvalue weighted by atomic mass is 16.2. The zero-order valence-corrected chi connectivity index (χ0v) is 16.6. The largest absolute Gasteiger partial charge is 0.338 e. The SMILES string of the molecule is CCCCNC(=O)N(CCN)Cc1ccc(-c2ccccc2-c2nnn[nH]2)cc1. The molecule has 8 heteroatoms. The van der Waals surface area contributed by atoms with Crippen molar-refractivity contribution in [1.82, 2.24) is 30.8 Å². The van der Waals surface area contributed by atoms with E-state index in [1.807, 2.05) is 48.5 Å². The van der Waals surface area contributed by atoms with Gasteiger partial charge in [-0.3, -0.25) is 0 Å². The predicted molar refractivity (Wildman–Crippen MR) is 113 cm³/mol. The summed E-state index contributed by atoms with van der Waals surface area (Å²) in [6.45, 7) is 4.24. The molecule has 0 radical (unpaired) electrons. The van der Waals surface area contributed by atoms with Crippen LogP contribution in [-0.2, 0) is 6.54 Å². The van der Waals surface area contributed by atoms with Crippen LogP contribution in [0.25, 0.3) is 22.5 Å². The number of nitrogens with zero attached hydrogens (tertiary/aromatic N) is 4. The number of rotatable bonds is 9. The van der Waals surface area contributed by atoms with Crippen molar-refractivity contribution in [1.29, 1.82) is 0 Å². The number of hydrogen-bond donors (Lipinski definition) is 3. The van der Waals surface area contributed by atoms with Gasteiger partial charge in [-0.05, 0) is 33.5 Å². The van der Waals surface area contributed by atoms with Crippen LogP contribution >= 0.6 is 0 Å². The Kier molecular flexibility index (Phi) is 7.29. The fraction of sp³-hybridized carbons (Fsp3) is 0.333. The number of nitrogens with two attached hydrogens (primary N) is 1. The van der Waals surface area contributed by atoms with Gasteiger partial charge in [0.15, 0.2) is 5.82 Å². The van der Waals surface area contributed by atoms with E-state index >= 15 is 0 Å². The minimum atomic E-state index is -0.0730. The van der Waals surface area contributed by atoms with Crippen molar-refractivity contribution in [2.24, 2.45) is 5.73 Å². The van der Waals surface area contributed by atoms with Gasteiger partial charge >= 0.3 is 6.03 Å². The summed E-state index contributed by atoms with van der Waals surface area (Å²) >= 11 is 0. The summed E-state index contributed by atoms with van der Waals surface area (Å²) in [6, 6.07) is 16.1. The number of nitrogens with one attached hydrogen (secondary N) is 2. The van der Waals surface area contributed by atoms with Gasteiger partial charge in [-0.1, -0.05) is 61.9 Å². The number of hydrogen-bond acceptors (Lipinski definition) is 5. The highest BCUT2D eigenvalue weighted by Gasteiger charge is 2.14. The zero-order chi connectivity index (χ0) is 20.5. The van der Waals surface area contributed by atoms with Crippen molar-refractivity contribution in [3.8, 4) is 22.5 Å². The van der Waals surface area contributed by atoms with Gasteiger partial charge in [-0.15, -0.1) is 5.10 Å². The van der Waals surface area contributed by atoms with E-state index in [0.29, 0.717) is 32.0 Å². The lowest BCUT2D eigenvalue weighted by Gasteiger charge is -2.22. The van der Waals surface area contributed by atoms with E-state index < -0.39 is 0 Å². The van der Waals surface area contributed by atoms with Crippen LogP contribution in [0.4, 0.5) is 4.79 Å². The van der Waals surface area contributed by atoms with E-state index in [1.54, 1.807) is 4.90 Å². The van der Waals surface area contributed by atoms with Gasteiger partial charge in [0.25, 0.3) is 0 Å². The Morgan fingerprint density at radius 3 is 2.55 bits per heavy atom. The van der Waals surface area contributed by atoms with E-state index in [1.165, 1.54) is 0 Å². The number of H-pyrrole nitrogens is 1. The number of aromatic nitrogens is 4. The number of aromatic amines is 1. The Hall–Kier alpha value is -3.26. The van der Waals surface area contributed by atoms with E-state index in [2.05, 4.69) is 32.9 Å². The molecule has 2 amide bonds. The molecule has 152 valence electrons. The number of tetrazole rings is 1. The Balaban J connectivity index is 1.74. The maximum absolute atomic E-state index is 12.4. The highest BCUT2D eigenvalue weighted by molar-refractivity contribution is 5.80. The van der Waals surface area contributed by atoms with Gasteiger partial charge in [-0.25, -0.2) is 9.89 Å². The number of unbranched alkanes of at least 4 members (excludes halogenated alkanes) is 1. The first-order valence-corrected chi connectivity index (χ1v) is 9.88. The molecule has 3 aromatic rings. The molecule has 0 unspecified atom stereocenters. The number of urea groups is 1. The molecule has 29 heavy (non-hydrogen) atoms. The molecule has 0 fully saturated rings. The third-order valence-electron chi connectivity index (χ3n) is 4.66. The van der Waals surface area contributed by atoms with Gasteiger partial charge in [0.05, 0.1) is 0 Å². The van der Waals surface area contributed by atoms with Gasteiger partial charge in [0.1, 0.15) is 0 Å². The standard InChI is InChI=1S/C21H27N7O/c1-2-3-13-23-21(29)28(14-12-22)15-16-8-10-17(11-9-16)18-6-4-5-7-19(18)20-24-26-27-25-20/h4-11H,2-3,12-15,22H2,1H3,(H,23,29)(H,24,25,26,27). The second-order valence-electron chi connectivity index (χ2n) is 6.79. The third-order valence-corrected chi connectivity index (χ3v) is 4.66. The molecule has 2 aromatic carbocycles. The molecule has 0 saturated carbocycles. The van der Waals surface area contributed by atoms with E-state index in [9.17, 15) is 4.79 Å². The zero-order valence-electron chi connectivity index (χ0n) is 16.6. The molecule has 0 bridgehead atoms. The second kappa shape index (κ2) is 10.3. The Morgan fingerprint density at radius 1 is 1.14 bits per heavy atom. The maximum atomic E-state index is 12.4. The number of benzene rings is 2. The van der Waals surface area contributed by atoms with Crippen molar-refractivity contribution in [2.75, 3.05) is 19.6 Å². The summed E-state index contributed by atoms with van der Waals surface area (Å²) < 4.78 is 0. The lowest BCUT2D eigenvalue weighted by atomic mass is 9.98.